The molecule has 2 aromatic carbocycles. The number of hydrogen-bond donors (Lipinski definition) is 0. The minimum absolute atomic E-state index is 0.0163. The van der Waals surface area contributed by atoms with Gasteiger partial charge in [0.1, 0.15) is 5.75 Å². The number of fused-ring (bicyclic) bond motifs is 1. The average molecular weight is 354 g/mol. The lowest BCUT2D eigenvalue weighted by molar-refractivity contribution is 0.343. The highest BCUT2D eigenvalue weighted by molar-refractivity contribution is 7.99. The van der Waals surface area contributed by atoms with Crippen LogP contribution in [0.1, 0.15) is 25.5 Å². The molecule has 0 aliphatic carbocycles. The van der Waals surface area contributed by atoms with Crippen LogP contribution in [0.5, 0.6) is 5.75 Å². The Balaban J connectivity index is 1.75. The zero-order chi connectivity index (χ0) is 17.8. The Morgan fingerprint density at radius 2 is 1.84 bits per heavy atom. The van der Waals surface area contributed by atoms with Crippen LogP contribution in [0.3, 0.4) is 0 Å². The second kappa shape index (κ2) is 7.74. The summed E-state index contributed by atoms with van der Waals surface area (Å²) >= 11 is 1.55. The number of para-hydroxylation sites is 1. The van der Waals surface area contributed by atoms with Crippen molar-refractivity contribution in [2.75, 3.05) is 12.4 Å². The first-order valence-electron chi connectivity index (χ1n) is 8.40. The van der Waals surface area contributed by atoms with Crippen molar-refractivity contribution in [1.29, 1.82) is 0 Å². The summed E-state index contributed by atoms with van der Waals surface area (Å²) in [5.74, 6) is 1.59. The fraction of sp³-hybridized carbons (Fsp3) is 0.300. The second-order valence-electron chi connectivity index (χ2n) is 6.19. The predicted octanol–water partition coefficient (Wildman–Crippen LogP) is 4.46. The molecule has 0 N–H and O–H groups in total. The van der Waals surface area contributed by atoms with Gasteiger partial charge in [-0.3, -0.25) is 9.36 Å². The van der Waals surface area contributed by atoms with Gasteiger partial charge in [-0.1, -0.05) is 41.6 Å². The molecule has 0 bridgehead atoms. The lowest BCUT2D eigenvalue weighted by atomic mass is 10.2. The largest absolute Gasteiger partial charge is 0.493 e. The molecule has 0 atom stereocenters. The van der Waals surface area contributed by atoms with E-state index in [1.54, 1.807) is 16.3 Å². The van der Waals surface area contributed by atoms with Crippen molar-refractivity contribution in [2.24, 2.45) is 0 Å². The molecular weight excluding hydrogens is 332 g/mol. The van der Waals surface area contributed by atoms with E-state index in [2.05, 4.69) is 11.9 Å². The molecule has 0 saturated heterocycles. The highest BCUT2D eigenvalue weighted by Crippen LogP contribution is 2.21. The fourth-order valence-electron chi connectivity index (χ4n) is 2.61. The highest BCUT2D eigenvalue weighted by Gasteiger charge is 2.13. The van der Waals surface area contributed by atoms with E-state index in [4.69, 9.17) is 4.74 Å². The van der Waals surface area contributed by atoms with Gasteiger partial charge in [0.15, 0.2) is 5.16 Å². The van der Waals surface area contributed by atoms with Gasteiger partial charge in [-0.05, 0) is 45.0 Å². The minimum atomic E-state index is 0.0163. The molecule has 0 fully saturated rings. The number of rotatable bonds is 6. The quantitative estimate of drug-likeness (QED) is 0.372. The Bertz CT molecular complexity index is 917. The van der Waals surface area contributed by atoms with Crippen molar-refractivity contribution in [1.82, 2.24) is 9.55 Å². The number of benzene rings is 2. The van der Waals surface area contributed by atoms with Crippen LogP contribution in [-0.2, 0) is 0 Å². The molecule has 5 heteroatoms. The Labute approximate surface area is 151 Å². The van der Waals surface area contributed by atoms with Crippen molar-refractivity contribution < 1.29 is 4.74 Å². The van der Waals surface area contributed by atoms with Gasteiger partial charge in [-0.25, -0.2) is 4.98 Å². The molecular formula is C20H22N2O2S. The Kier molecular flexibility index (Phi) is 5.43. The molecule has 0 saturated carbocycles. The second-order valence-corrected chi connectivity index (χ2v) is 7.25. The van der Waals surface area contributed by atoms with E-state index in [0.29, 0.717) is 12.0 Å². The third kappa shape index (κ3) is 4.04. The molecule has 0 aliphatic heterocycles. The zero-order valence-electron chi connectivity index (χ0n) is 14.7. The normalized spacial score (nSPS) is 11.2. The summed E-state index contributed by atoms with van der Waals surface area (Å²) in [6, 6.07) is 15.6. The van der Waals surface area contributed by atoms with Crippen molar-refractivity contribution in [3.05, 3.63) is 64.4 Å². The molecule has 3 rings (SSSR count). The van der Waals surface area contributed by atoms with Crippen molar-refractivity contribution >= 4 is 22.7 Å². The summed E-state index contributed by atoms with van der Waals surface area (Å²) in [7, 11) is 0. The summed E-state index contributed by atoms with van der Waals surface area (Å²) in [4.78, 5) is 17.4. The van der Waals surface area contributed by atoms with Crippen molar-refractivity contribution in [2.45, 2.75) is 32.0 Å². The minimum Gasteiger partial charge on any atom is -0.493 e. The molecule has 0 radical (unpaired) electrons. The van der Waals surface area contributed by atoms with E-state index >= 15 is 0 Å². The smallest absolute Gasteiger partial charge is 0.262 e. The number of nitrogens with zero attached hydrogens (tertiary/aromatic N) is 2. The SMILES string of the molecule is Cc1ccc(OCCSc2nc3ccccc3c(=O)n2C(C)C)cc1. The van der Waals surface area contributed by atoms with Crippen LogP contribution in [-0.4, -0.2) is 21.9 Å². The fourth-order valence-corrected chi connectivity index (χ4v) is 3.55. The van der Waals surface area contributed by atoms with Crippen molar-refractivity contribution in [3.63, 3.8) is 0 Å². The molecule has 1 heterocycles. The number of aryl methyl sites for hydroxylation is 1. The van der Waals surface area contributed by atoms with E-state index in [9.17, 15) is 4.79 Å². The molecule has 130 valence electrons. The standard InChI is InChI=1S/C20H22N2O2S/c1-14(2)22-19(23)17-6-4-5-7-18(17)21-20(22)25-13-12-24-16-10-8-15(3)9-11-16/h4-11,14H,12-13H2,1-3H3. The first-order valence-corrected chi connectivity index (χ1v) is 9.38. The third-order valence-electron chi connectivity index (χ3n) is 3.90. The topological polar surface area (TPSA) is 44.1 Å². The van der Waals surface area contributed by atoms with Crippen LogP contribution >= 0.6 is 11.8 Å². The van der Waals surface area contributed by atoms with E-state index in [1.165, 1.54) is 5.56 Å². The van der Waals surface area contributed by atoms with E-state index < -0.39 is 0 Å². The molecule has 0 amide bonds. The maximum atomic E-state index is 12.8. The van der Waals surface area contributed by atoms with Crippen LogP contribution in [0.15, 0.2) is 58.5 Å². The summed E-state index contributed by atoms with van der Waals surface area (Å²) in [5, 5.41) is 1.41. The van der Waals surface area contributed by atoms with Crippen LogP contribution in [0.2, 0.25) is 0 Å². The lowest BCUT2D eigenvalue weighted by Crippen LogP contribution is -2.25. The third-order valence-corrected chi connectivity index (χ3v) is 4.81. The number of ether oxygens (including phenoxy) is 1. The summed E-state index contributed by atoms with van der Waals surface area (Å²) < 4.78 is 7.53. The lowest BCUT2D eigenvalue weighted by Gasteiger charge is -2.16. The summed E-state index contributed by atoms with van der Waals surface area (Å²) in [6.07, 6.45) is 0. The average Bonchev–Trinajstić information content (AvgIpc) is 2.60. The maximum Gasteiger partial charge on any atom is 0.262 e. The van der Waals surface area contributed by atoms with Gasteiger partial charge in [0.25, 0.3) is 5.56 Å². The number of aromatic nitrogens is 2. The maximum absolute atomic E-state index is 12.8. The van der Waals surface area contributed by atoms with Gasteiger partial charge >= 0.3 is 0 Å². The van der Waals surface area contributed by atoms with Crippen LogP contribution in [0, 0.1) is 6.92 Å². The first-order chi connectivity index (χ1) is 12.1. The monoisotopic (exact) mass is 354 g/mol. The molecule has 0 aliphatic rings. The van der Waals surface area contributed by atoms with Gasteiger partial charge in [0.2, 0.25) is 0 Å². The van der Waals surface area contributed by atoms with E-state index in [-0.39, 0.29) is 11.6 Å². The van der Waals surface area contributed by atoms with Gasteiger partial charge in [-0.2, -0.15) is 0 Å². The molecule has 3 aromatic rings. The first kappa shape index (κ1) is 17.5. The number of hydrogen-bond acceptors (Lipinski definition) is 4. The van der Waals surface area contributed by atoms with E-state index in [1.807, 2.05) is 62.4 Å². The van der Waals surface area contributed by atoms with Crippen molar-refractivity contribution in [3.8, 4) is 5.75 Å². The molecule has 4 nitrogen and oxygen atoms in total. The summed E-state index contributed by atoms with van der Waals surface area (Å²) in [6.45, 7) is 6.63. The molecule has 0 spiro atoms. The Morgan fingerprint density at radius 1 is 1.12 bits per heavy atom. The number of thioether (sulfide) groups is 1. The predicted molar refractivity (Wildman–Crippen MR) is 104 cm³/mol. The van der Waals surface area contributed by atoms with Gasteiger partial charge in [0.05, 0.1) is 17.5 Å². The zero-order valence-corrected chi connectivity index (χ0v) is 15.5. The van der Waals surface area contributed by atoms with Crippen LogP contribution in [0.4, 0.5) is 0 Å². The Morgan fingerprint density at radius 3 is 2.56 bits per heavy atom. The van der Waals surface area contributed by atoms with E-state index in [0.717, 1.165) is 22.2 Å². The molecule has 25 heavy (non-hydrogen) atoms. The molecule has 1 aromatic heterocycles. The highest BCUT2D eigenvalue weighted by atomic mass is 32.2. The molecule has 0 unspecified atom stereocenters. The van der Waals surface area contributed by atoms with Crippen LogP contribution in [0.25, 0.3) is 10.9 Å². The Hall–Kier alpha value is -2.27. The van der Waals surface area contributed by atoms with Gasteiger partial charge in [-0.15, -0.1) is 0 Å². The van der Waals surface area contributed by atoms with Gasteiger partial charge in [0, 0.05) is 11.8 Å². The van der Waals surface area contributed by atoms with Crippen LogP contribution < -0.4 is 10.3 Å². The summed E-state index contributed by atoms with van der Waals surface area (Å²) in [5.41, 5.74) is 1.97. The van der Waals surface area contributed by atoms with Gasteiger partial charge < -0.3 is 4.74 Å².